The van der Waals surface area contributed by atoms with Crippen LogP contribution in [0.3, 0.4) is 0 Å². The van der Waals surface area contributed by atoms with Gasteiger partial charge in [0.15, 0.2) is 0 Å². The van der Waals surface area contributed by atoms with Crippen LogP contribution < -0.4 is 11.1 Å². The highest BCUT2D eigenvalue weighted by atomic mass is 14.8. The maximum atomic E-state index is 5.87. The third kappa shape index (κ3) is 1.78. The Labute approximate surface area is 73.1 Å². The van der Waals surface area contributed by atoms with Crippen LogP contribution in [0, 0.1) is 0 Å². The fourth-order valence-electron chi connectivity index (χ4n) is 0.969. The summed E-state index contributed by atoms with van der Waals surface area (Å²) in [4.78, 5) is 0. The van der Waals surface area contributed by atoms with E-state index in [1.165, 1.54) is 0 Å². The van der Waals surface area contributed by atoms with Crippen molar-refractivity contribution in [3.8, 4) is 0 Å². The van der Waals surface area contributed by atoms with Gasteiger partial charge in [-0.1, -0.05) is 30.3 Å². The Hall–Kier alpha value is -1.44. The van der Waals surface area contributed by atoms with E-state index in [1.807, 2.05) is 44.3 Å². The SMILES string of the molecule is CN/C(C)=C(\N)c1ccccc1. The van der Waals surface area contributed by atoms with E-state index in [4.69, 9.17) is 5.73 Å². The Morgan fingerprint density at radius 2 is 1.83 bits per heavy atom. The minimum atomic E-state index is 0.804. The molecule has 1 rings (SSSR count). The van der Waals surface area contributed by atoms with Crippen molar-refractivity contribution in [2.24, 2.45) is 5.73 Å². The van der Waals surface area contributed by atoms with Gasteiger partial charge in [-0.25, -0.2) is 0 Å². The van der Waals surface area contributed by atoms with E-state index in [1.54, 1.807) is 0 Å². The predicted molar refractivity (Wildman–Crippen MR) is 52.3 cm³/mol. The molecule has 0 saturated carbocycles. The maximum absolute atomic E-state index is 5.87. The molecule has 0 fully saturated rings. The summed E-state index contributed by atoms with van der Waals surface area (Å²) in [5.74, 6) is 0. The first-order valence-electron chi connectivity index (χ1n) is 3.95. The molecule has 3 N–H and O–H groups in total. The average molecular weight is 162 g/mol. The zero-order chi connectivity index (χ0) is 8.97. The van der Waals surface area contributed by atoms with Gasteiger partial charge < -0.3 is 11.1 Å². The summed E-state index contributed by atoms with van der Waals surface area (Å²) in [6.07, 6.45) is 0. The average Bonchev–Trinajstić information content (AvgIpc) is 2.17. The molecule has 0 atom stereocenters. The molecule has 0 heterocycles. The molecular formula is C10H14N2. The Bertz CT molecular complexity index is 275. The van der Waals surface area contributed by atoms with Gasteiger partial charge in [-0.2, -0.15) is 0 Å². The molecule has 0 saturated heterocycles. The van der Waals surface area contributed by atoms with Gasteiger partial charge in [0.2, 0.25) is 0 Å². The minimum absolute atomic E-state index is 0.804. The number of allylic oxidation sites excluding steroid dienone is 1. The highest BCUT2D eigenvalue weighted by molar-refractivity contribution is 5.64. The van der Waals surface area contributed by atoms with Crippen LogP contribution in [-0.4, -0.2) is 7.05 Å². The molecule has 12 heavy (non-hydrogen) atoms. The van der Waals surface area contributed by atoms with Gasteiger partial charge in [0, 0.05) is 12.7 Å². The zero-order valence-electron chi connectivity index (χ0n) is 7.46. The molecule has 0 aliphatic rings. The molecule has 2 heteroatoms. The number of benzene rings is 1. The maximum Gasteiger partial charge on any atom is 0.0577 e. The number of nitrogens with one attached hydrogen (secondary N) is 1. The van der Waals surface area contributed by atoms with Crippen LogP contribution in [0.1, 0.15) is 12.5 Å². The Balaban J connectivity index is 3.00. The van der Waals surface area contributed by atoms with E-state index in [-0.39, 0.29) is 0 Å². The van der Waals surface area contributed by atoms with Gasteiger partial charge in [-0.15, -0.1) is 0 Å². The smallest absolute Gasteiger partial charge is 0.0577 e. The quantitative estimate of drug-likeness (QED) is 0.692. The number of nitrogens with two attached hydrogens (primary N) is 1. The number of hydrogen-bond donors (Lipinski definition) is 2. The monoisotopic (exact) mass is 162 g/mol. The lowest BCUT2D eigenvalue weighted by atomic mass is 10.1. The number of rotatable bonds is 2. The molecule has 0 unspecified atom stereocenters. The molecule has 0 aliphatic heterocycles. The zero-order valence-corrected chi connectivity index (χ0v) is 7.46. The van der Waals surface area contributed by atoms with Crippen molar-refractivity contribution in [3.05, 3.63) is 41.6 Å². The lowest BCUT2D eigenvalue weighted by Gasteiger charge is -2.06. The molecule has 0 spiro atoms. The normalized spacial score (nSPS) is 12.2. The molecule has 0 aliphatic carbocycles. The van der Waals surface area contributed by atoms with E-state index >= 15 is 0 Å². The highest BCUT2D eigenvalue weighted by Gasteiger charge is 1.97. The van der Waals surface area contributed by atoms with E-state index < -0.39 is 0 Å². The standard InChI is InChI=1S/C10H14N2/c1-8(12-2)10(11)9-6-4-3-5-7-9/h3-7,12H,11H2,1-2H3/b10-8-. The third-order valence-electron chi connectivity index (χ3n) is 1.86. The fraction of sp³-hybridized carbons (Fsp3) is 0.200. The minimum Gasteiger partial charge on any atom is -0.397 e. The van der Waals surface area contributed by atoms with Crippen molar-refractivity contribution in [2.75, 3.05) is 7.05 Å². The first kappa shape index (κ1) is 8.65. The molecule has 0 aromatic heterocycles. The van der Waals surface area contributed by atoms with Crippen LogP contribution in [0.2, 0.25) is 0 Å². The first-order chi connectivity index (χ1) is 5.75. The topological polar surface area (TPSA) is 38.0 Å². The summed E-state index contributed by atoms with van der Waals surface area (Å²) in [5, 5.41) is 3.02. The van der Waals surface area contributed by atoms with Crippen LogP contribution >= 0.6 is 0 Å². The van der Waals surface area contributed by atoms with Crippen LogP contribution in [0.25, 0.3) is 5.70 Å². The van der Waals surface area contributed by atoms with E-state index in [0.29, 0.717) is 0 Å². The van der Waals surface area contributed by atoms with E-state index in [9.17, 15) is 0 Å². The van der Waals surface area contributed by atoms with Crippen LogP contribution in [-0.2, 0) is 0 Å². The Kier molecular flexibility index (Phi) is 2.75. The Morgan fingerprint density at radius 1 is 1.25 bits per heavy atom. The second-order valence-corrected chi connectivity index (χ2v) is 2.65. The van der Waals surface area contributed by atoms with Gasteiger partial charge in [0.1, 0.15) is 0 Å². The van der Waals surface area contributed by atoms with Crippen molar-refractivity contribution in [1.29, 1.82) is 0 Å². The third-order valence-corrected chi connectivity index (χ3v) is 1.86. The van der Waals surface area contributed by atoms with Crippen molar-refractivity contribution < 1.29 is 0 Å². The fourth-order valence-corrected chi connectivity index (χ4v) is 0.969. The second kappa shape index (κ2) is 3.81. The summed E-state index contributed by atoms with van der Waals surface area (Å²) in [6, 6.07) is 9.92. The largest absolute Gasteiger partial charge is 0.397 e. The first-order valence-corrected chi connectivity index (χ1v) is 3.95. The van der Waals surface area contributed by atoms with Gasteiger partial charge in [0.05, 0.1) is 5.70 Å². The van der Waals surface area contributed by atoms with Crippen molar-refractivity contribution in [2.45, 2.75) is 6.92 Å². The summed E-state index contributed by atoms with van der Waals surface area (Å²) in [5.41, 5.74) is 8.73. The summed E-state index contributed by atoms with van der Waals surface area (Å²) < 4.78 is 0. The highest BCUT2D eigenvalue weighted by Crippen LogP contribution is 2.10. The van der Waals surface area contributed by atoms with Gasteiger partial charge >= 0.3 is 0 Å². The molecule has 64 valence electrons. The lowest BCUT2D eigenvalue weighted by molar-refractivity contribution is 0.988. The Morgan fingerprint density at radius 3 is 2.33 bits per heavy atom. The van der Waals surface area contributed by atoms with Gasteiger partial charge in [-0.3, -0.25) is 0 Å². The van der Waals surface area contributed by atoms with Gasteiger partial charge in [0.25, 0.3) is 0 Å². The molecule has 1 aromatic rings. The molecule has 0 radical (unpaired) electrons. The molecule has 0 bridgehead atoms. The van der Waals surface area contributed by atoms with E-state index in [2.05, 4.69) is 5.32 Å². The van der Waals surface area contributed by atoms with E-state index in [0.717, 1.165) is 17.0 Å². The molecular weight excluding hydrogens is 148 g/mol. The number of hydrogen-bond acceptors (Lipinski definition) is 2. The summed E-state index contributed by atoms with van der Waals surface area (Å²) >= 11 is 0. The van der Waals surface area contributed by atoms with Crippen molar-refractivity contribution in [1.82, 2.24) is 5.32 Å². The molecule has 0 amide bonds. The predicted octanol–water partition coefficient (Wildman–Crippen LogP) is 1.55. The second-order valence-electron chi connectivity index (χ2n) is 2.65. The van der Waals surface area contributed by atoms with Crippen LogP contribution in [0.5, 0.6) is 0 Å². The van der Waals surface area contributed by atoms with Crippen LogP contribution in [0.15, 0.2) is 36.0 Å². The summed E-state index contributed by atoms with van der Waals surface area (Å²) in [7, 11) is 1.87. The summed E-state index contributed by atoms with van der Waals surface area (Å²) in [6.45, 7) is 1.96. The lowest BCUT2D eigenvalue weighted by Crippen LogP contribution is -2.10. The van der Waals surface area contributed by atoms with Crippen molar-refractivity contribution in [3.63, 3.8) is 0 Å². The van der Waals surface area contributed by atoms with Crippen molar-refractivity contribution >= 4 is 5.70 Å². The van der Waals surface area contributed by atoms with Crippen LogP contribution in [0.4, 0.5) is 0 Å². The molecule has 1 aromatic carbocycles. The molecule has 2 nitrogen and oxygen atoms in total. The van der Waals surface area contributed by atoms with Gasteiger partial charge in [-0.05, 0) is 12.5 Å².